The topological polar surface area (TPSA) is 105 Å². The van der Waals surface area contributed by atoms with Crippen LogP contribution in [0, 0.1) is 0 Å². The standard InChI is InChI=1S/C11H15N3O3/c12-5-1-4-9(11(16)17)14-10(15)8-3-2-6-13-7-8/h2-3,6-7,9H,1,4-5,12H2,(H,14,15)(H,16,17). The van der Waals surface area contributed by atoms with Gasteiger partial charge in [0.15, 0.2) is 0 Å². The van der Waals surface area contributed by atoms with Gasteiger partial charge in [0.1, 0.15) is 6.04 Å². The van der Waals surface area contributed by atoms with Gasteiger partial charge in [0, 0.05) is 12.4 Å². The number of hydrogen-bond acceptors (Lipinski definition) is 4. The summed E-state index contributed by atoms with van der Waals surface area (Å²) in [5.74, 6) is -1.50. The predicted octanol–water partition coefficient (Wildman–Crippen LogP) is 0.00350. The van der Waals surface area contributed by atoms with E-state index in [9.17, 15) is 9.59 Å². The fraction of sp³-hybridized carbons (Fsp3) is 0.364. The Labute approximate surface area is 98.8 Å². The lowest BCUT2D eigenvalue weighted by Crippen LogP contribution is -2.41. The number of pyridine rings is 1. The van der Waals surface area contributed by atoms with E-state index in [1.165, 1.54) is 6.20 Å². The quantitative estimate of drug-likeness (QED) is 0.646. The number of aliphatic carboxylic acids is 1. The molecule has 0 aliphatic heterocycles. The Balaban J connectivity index is 2.61. The molecule has 0 aliphatic rings. The molecule has 0 saturated heterocycles. The van der Waals surface area contributed by atoms with Crippen LogP contribution >= 0.6 is 0 Å². The normalized spacial score (nSPS) is 11.8. The summed E-state index contributed by atoms with van der Waals surface area (Å²) in [6.45, 7) is 0.395. The fourth-order valence-corrected chi connectivity index (χ4v) is 1.32. The molecule has 92 valence electrons. The largest absolute Gasteiger partial charge is 0.480 e. The van der Waals surface area contributed by atoms with Crippen molar-refractivity contribution in [3.05, 3.63) is 30.1 Å². The maximum absolute atomic E-state index is 11.7. The highest BCUT2D eigenvalue weighted by molar-refractivity contribution is 5.96. The van der Waals surface area contributed by atoms with Crippen molar-refractivity contribution >= 4 is 11.9 Å². The van der Waals surface area contributed by atoms with E-state index in [2.05, 4.69) is 10.3 Å². The Morgan fingerprint density at radius 1 is 1.53 bits per heavy atom. The molecule has 4 N–H and O–H groups in total. The number of carbonyl (C=O) groups excluding carboxylic acids is 1. The predicted molar refractivity (Wildman–Crippen MR) is 61.4 cm³/mol. The molecule has 17 heavy (non-hydrogen) atoms. The van der Waals surface area contributed by atoms with Crippen LogP contribution in [0.4, 0.5) is 0 Å². The number of carboxylic acids is 1. The third-order valence-electron chi connectivity index (χ3n) is 2.22. The first kappa shape index (κ1) is 13.1. The Kier molecular flexibility index (Phi) is 5.09. The van der Waals surface area contributed by atoms with Gasteiger partial charge in [0.25, 0.3) is 5.91 Å². The van der Waals surface area contributed by atoms with Crippen LogP contribution in [-0.4, -0.2) is 34.6 Å². The number of nitrogens with one attached hydrogen (secondary N) is 1. The SMILES string of the molecule is NCCCC(NC(=O)c1cccnc1)C(=O)O. The zero-order valence-corrected chi connectivity index (χ0v) is 9.30. The van der Waals surface area contributed by atoms with Crippen LogP contribution in [0.15, 0.2) is 24.5 Å². The molecular weight excluding hydrogens is 222 g/mol. The molecule has 1 amide bonds. The summed E-state index contributed by atoms with van der Waals surface area (Å²) in [7, 11) is 0. The van der Waals surface area contributed by atoms with Crippen LogP contribution < -0.4 is 11.1 Å². The van der Waals surface area contributed by atoms with Gasteiger partial charge in [-0.1, -0.05) is 0 Å². The third-order valence-corrected chi connectivity index (χ3v) is 2.22. The number of hydrogen-bond donors (Lipinski definition) is 3. The molecule has 1 rings (SSSR count). The van der Waals surface area contributed by atoms with Crippen molar-refractivity contribution in [3.8, 4) is 0 Å². The fourth-order valence-electron chi connectivity index (χ4n) is 1.32. The lowest BCUT2D eigenvalue weighted by atomic mass is 10.1. The lowest BCUT2D eigenvalue weighted by molar-refractivity contribution is -0.139. The molecule has 0 aliphatic carbocycles. The second kappa shape index (κ2) is 6.59. The number of carboxylic acid groups (broad SMARTS) is 1. The number of nitrogens with two attached hydrogens (primary N) is 1. The molecule has 1 unspecified atom stereocenters. The molecule has 1 aromatic rings. The van der Waals surface area contributed by atoms with E-state index >= 15 is 0 Å². The summed E-state index contributed by atoms with van der Waals surface area (Å²) >= 11 is 0. The summed E-state index contributed by atoms with van der Waals surface area (Å²) in [5.41, 5.74) is 5.64. The molecule has 0 saturated carbocycles. The van der Waals surface area contributed by atoms with E-state index in [-0.39, 0.29) is 0 Å². The van der Waals surface area contributed by atoms with Gasteiger partial charge in [-0.3, -0.25) is 9.78 Å². The average Bonchev–Trinajstić information content (AvgIpc) is 2.35. The van der Waals surface area contributed by atoms with Crippen LogP contribution in [0.2, 0.25) is 0 Å². The second-order valence-corrected chi connectivity index (χ2v) is 3.54. The van der Waals surface area contributed by atoms with Crippen molar-refractivity contribution in [2.75, 3.05) is 6.54 Å². The first-order valence-corrected chi connectivity index (χ1v) is 5.29. The smallest absolute Gasteiger partial charge is 0.326 e. The summed E-state index contributed by atoms with van der Waals surface area (Å²) in [6, 6.07) is 2.28. The third kappa shape index (κ3) is 4.20. The zero-order valence-electron chi connectivity index (χ0n) is 9.30. The van der Waals surface area contributed by atoms with E-state index < -0.39 is 17.9 Å². The molecule has 0 spiro atoms. The van der Waals surface area contributed by atoms with Crippen LogP contribution in [0.25, 0.3) is 0 Å². The summed E-state index contributed by atoms with van der Waals surface area (Å²) in [5, 5.41) is 11.4. The Bertz CT molecular complexity index is 381. The molecule has 0 aromatic carbocycles. The van der Waals surface area contributed by atoms with Crippen molar-refractivity contribution in [2.45, 2.75) is 18.9 Å². The van der Waals surface area contributed by atoms with Crippen molar-refractivity contribution in [1.82, 2.24) is 10.3 Å². The van der Waals surface area contributed by atoms with Gasteiger partial charge in [-0.25, -0.2) is 4.79 Å². The van der Waals surface area contributed by atoms with Crippen molar-refractivity contribution in [1.29, 1.82) is 0 Å². The van der Waals surface area contributed by atoms with Gasteiger partial charge in [-0.2, -0.15) is 0 Å². The minimum absolute atomic E-state index is 0.317. The lowest BCUT2D eigenvalue weighted by Gasteiger charge is -2.13. The van der Waals surface area contributed by atoms with E-state index in [4.69, 9.17) is 10.8 Å². The highest BCUT2D eigenvalue weighted by Gasteiger charge is 2.19. The van der Waals surface area contributed by atoms with E-state index in [0.717, 1.165) is 0 Å². The van der Waals surface area contributed by atoms with Crippen LogP contribution in [0.5, 0.6) is 0 Å². The Hall–Kier alpha value is -1.95. The molecule has 1 aromatic heterocycles. The summed E-state index contributed by atoms with van der Waals surface area (Å²) in [6.07, 6.45) is 3.79. The van der Waals surface area contributed by atoms with Gasteiger partial charge in [0.05, 0.1) is 5.56 Å². The summed E-state index contributed by atoms with van der Waals surface area (Å²) < 4.78 is 0. The highest BCUT2D eigenvalue weighted by Crippen LogP contribution is 2.01. The van der Waals surface area contributed by atoms with Crippen molar-refractivity contribution in [3.63, 3.8) is 0 Å². The number of aromatic nitrogens is 1. The highest BCUT2D eigenvalue weighted by atomic mass is 16.4. The molecule has 6 heteroatoms. The van der Waals surface area contributed by atoms with Crippen LogP contribution in [0.1, 0.15) is 23.2 Å². The molecule has 0 bridgehead atoms. The van der Waals surface area contributed by atoms with Gasteiger partial charge in [-0.15, -0.1) is 0 Å². The van der Waals surface area contributed by atoms with E-state index in [1.54, 1.807) is 18.3 Å². The maximum atomic E-state index is 11.7. The monoisotopic (exact) mass is 237 g/mol. The minimum Gasteiger partial charge on any atom is -0.480 e. The molecule has 1 atom stereocenters. The molecular formula is C11H15N3O3. The maximum Gasteiger partial charge on any atom is 0.326 e. The van der Waals surface area contributed by atoms with Crippen LogP contribution in [0.3, 0.4) is 0 Å². The number of amides is 1. The molecule has 6 nitrogen and oxygen atoms in total. The number of carbonyl (C=O) groups is 2. The van der Waals surface area contributed by atoms with Gasteiger partial charge >= 0.3 is 5.97 Å². The minimum atomic E-state index is -1.06. The van der Waals surface area contributed by atoms with Gasteiger partial charge < -0.3 is 16.2 Å². The Morgan fingerprint density at radius 3 is 2.82 bits per heavy atom. The van der Waals surface area contributed by atoms with E-state index in [0.29, 0.717) is 24.9 Å². The number of nitrogens with zero attached hydrogens (tertiary/aromatic N) is 1. The Morgan fingerprint density at radius 2 is 2.29 bits per heavy atom. The molecule has 1 heterocycles. The average molecular weight is 237 g/mol. The van der Waals surface area contributed by atoms with Crippen molar-refractivity contribution in [2.24, 2.45) is 5.73 Å². The second-order valence-electron chi connectivity index (χ2n) is 3.54. The van der Waals surface area contributed by atoms with Gasteiger partial charge in [0.2, 0.25) is 0 Å². The molecule has 0 radical (unpaired) electrons. The number of rotatable bonds is 6. The van der Waals surface area contributed by atoms with E-state index in [1.807, 2.05) is 0 Å². The first-order valence-electron chi connectivity index (χ1n) is 5.29. The zero-order chi connectivity index (χ0) is 12.7. The molecule has 0 fully saturated rings. The van der Waals surface area contributed by atoms with Gasteiger partial charge in [-0.05, 0) is 31.5 Å². The van der Waals surface area contributed by atoms with Crippen molar-refractivity contribution < 1.29 is 14.7 Å². The first-order chi connectivity index (χ1) is 8.15. The summed E-state index contributed by atoms with van der Waals surface area (Å²) in [4.78, 5) is 26.4. The van der Waals surface area contributed by atoms with Crippen LogP contribution in [-0.2, 0) is 4.79 Å².